The Morgan fingerprint density at radius 3 is 2.38 bits per heavy atom. The lowest BCUT2D eigenvalue weighted by Crippen LogP contribution is -2.30. The highest BCUT2D eigenvalue weighted by molar-refractivity contribution is 7.91. The van der Waals surface area contributed by atoms with E-state index in [-0.39, 0.29) is 12.3 Å². The maximum Gasteiger partial charge on any atom is 0.252 e. The molecule has 0 bridgehead atoms. The molecule has 2 aliphatic rings. The summed E-state index contributed by atoms with van der Waals surface area (Å²) in [5, 5.41) is 3.03. The fraction of sp³-hybridized carbons (Fsp3) is 0.476. The van der Waals surface area contributed by atoms with Crippen molar-refractivity contribution in [3.05, 3.63) is 41.3 Å². The fourth-order valence-electron chi connectivity index (χ4n) is 3.99. The summed E-state index contributed by atoms with van der Waals surface area (Å²) in [6.45, 7) is 3.19. The first-order valence-electron chi connectivity index (χ1n) is 10.3. The molecule has 0 saturated carbocycles. The third-order valence-electron chi connectivity index (χ3n) is 5.51. The van der Waals surface area contributed by atoms with Gasteiger partial charge in [-0.25, -0.2) is 8.42 Å². The van der Waals surface area contributed by atoms with Crippen molar-refractivity contribution in [1.29, 1.82) is 0 Å². The van der Waals surface area contributed by atoms with Crippen molar-refractivity contribution in [3.63, 3.8) is 0 Å². The molecule has 0 radical (unpaired) electrons. The van der Waals surface area contributed by atoms with E-state index in [2.05, 4.69) is 10.2 Å². The molecule has 1 aromatic heterocycles. The average molecular weight is 434 g/mol. The molecule has 156 valence electrons. The molecule has 0 atom stereocenters. The lowest BCUT2D eigenvalue weighted by molar-refractivity contribution is -0.115. The van der Waals surface area contributed by atoms with E-state index in [1.807, 2.05) is 24.3 Å². The van der Waals surface area contributed by atoms with Crippen LogP contribution in [0.1, 0.15) is 37.0 Å². The highest BCUT2D eigenvalue weighted by Crippen LogP contribution is 2.30. The summed E-state index contributed by atoms with van der Waals surface area (Å²) in [5.74, 6) is -0.124. The molecule has 1 amide bonds. The number of rotatable bonds is 6. The Bertz CT molecular complexity index is 959. The van der Waals surface area contributed by atoms with E-state index in [1.165, 1.54) is 34.9 Å². The molecule has 0 unspecified atom stereocenters. The summed E-state index contributed by atoms with van der Waals surface area (Å²) in [4.78, 5) is 15.7. The van der Waals surface area contributed by atoms with Gasteiger partial charge in [-0.3, -0.25) is 4.79 Å². The number of anilines is 2. The topological polar surface area (TPSA) is 69.7 Å². The first-order chi connectivity index (χ1) is 14.0. The molecule has 3 heterocycles. The van der Waals surface area contributed by atoms with E-state index < -0.39 is 10.0 Å². The van der Waals surface area contributed by atoms with E-state index in [4.69, 9.17) is 0 Å². The summed E-state index contributed by atoms with van der Waals surface area (Å²) in [7, 11) is -3.42. The van der Waals surface area contributed by atoms with Gasteiger partial charge in [0.1, 0.15) is 4.21 Å². The quantitative estimate of drug-likeness (QED) is 0.754. The number of para-hydroxylation sites is 2. The fourth-order valence-corrected chi connectivity index (χ4v) is 7.02. The minimum absolute atomic E-state index is 0.124. The normalized spacial score (nSPS) is 18.1. The van der Waals surface area contributed by atoms with Crippen LogP contribution < -0.4 is 10.2 Å². The van der Waals surface area contributed by atoms with E-state index in [1.54, 1.807) is 12.1 Å². The zero-order chi connectivity index (χ0) is 20.3. The van der Waals surface area contributed by atoms with Crippen LogP contribution in [-0.4, -0.2) is 44.8 Å². The van der Waals surface area contributed by atoms with E-state index in [0.29, 0.717) is 17.3 Å². The number of carbonyl (C=O) groups is 1. The van der Waals surface area contributed by atoms with E-state index >= 15 is 0 Å². The van der Waals surface area contributed by atoms with E-state index in [0.717, 1.165) is 42.2 Å². The van der Waals surface area contributed by atoms with Crippen molar-refractivity contribution >= 4 is 38.6 Å². The van der Waals surface area contributed by atoms with Gasteiger partial charge < -0.3 is 10.2 Å². The molecule has 4 rings (SSSR count). The smallest absolute Gasteiger partial charge is 0.252 e. The van der Waals surface area contributed by atoms with Crippen molar-refractivity contribution in [1.82, 2.24) is 4.31 Å². The molecule has 1 aromatic carbocycles. The van der Waals surface area contributed by atoms with Gasteiger partial charge in [-0.1, -0.05) is 12.1 Å². The van der Waals surface area contributed by atoms with Gasteiger partial charge in [0, 0.05) is 31.1 Å². The Morgan fingerprint density at radius 2 is 1.62 bits per heavy atom. The molecule has 2 aliphatic heterocycles. The maximum absolute atomic E-state index is 12.7. The minimum Gasteiger partial charge on any atom is -0.370 e. The molecule has 2 saturated heterocycles. The number of nitrogens with zero attached hydrogens (tertiary/aromatic N) is 2. The van der Waals surface area contributed by atoms with Crippen molar-refractivity contribution in [2.45, 2.75) is 42.7 Å². The van der Waals surface area contributed by atoms with Crippen molar-refractivity contribution < 1.29 is 13.2 Å². The second kappa shape index (κ2) is 8.85. The van der Waals surface area contributed by atoms with Gasteiger partial charge in [-0.15, -0.1) is 11.3 Å². The monoisotopic (exact) mass is 433 g/mol. The largest absolute Gasteiger partial charge is 0.370 e. The van der Waals surface area contributed by atoms with Crippen molar-refractivity contribution in [2.24, 2.45) is 0 Å². The zero-order valence-corrected chi connectivity index (χ0v) is 18.1. The molecule has 0 aliphatic carbocycles. The number of benzene rings is 1. The predicted octanol–water partition coefficient (Wildman–Crippen LogP) is 3.70. The number of hydrogen-bond acceptors (Lipinski definition) is 5. The lowest BCUT2D eigenvalue weighted by atomic mass is 10.1. The van der Waals surface area contributed by atoms with Gasteiger partial charge in [-0.05, 0) is 56.4 Å². The molecule has 0 spiro atoms. The minimum atomic E-state index is -3.42. The molecular formula is C21H27N3O3S2. The maximum atomic E-state index is 12.7. The lowest BCUT2D eigenvalue weighted by Gasteiger charge is -2.30. The SMILES string of the molecule is O=C(Cc1ccc(S(=O)(=O)N2CCCC2)s1)Nc1ccccc1N1CCCCC1. The Morgan fingerprint density at radius 1 is 0.931 bits per heavy atom. The van der Waals surface area contributed by atoms with Crippen LogP contribution in [0.4, 0.5) is 11.4 Å². The summed E-state index contributed by atoms with van der Waals surface area (Å²) in [5.41, 5.74) is 1.88. The first-order valence-corrected chi connectivity index (χ1v) is 12.5. The molecule has 1 N–H and O–H groups in total. The number of nitrogens with one attached hydrogen (secondary N) is 1. The molecule has 29 heavy (non-hydrogen) atoms. The van der Waals surface area contributed by atoms with Gasteiger partial charge in [0.15, 0.2) is 0 Å². The van der Waals surface area contributed by atoms with Gasteiger partial charge in [0.25, 0.3) is 10.0 Å². The molecular weight excluding hydrogens is 406 g/mol. The highest BCUT2D eigenvalue weighted by atomic mass is 32.2. The van der Waals surface area contributed by atoms with Crippen LogP contribution in [0, 0.1) is 0 Å². The summed E-state index contributed by atoms with van der Waals surface area (Å²) in [6, 6.07) is 11.3. The number of piperidine rings is 1. The van der Waals surface area contributed by atoms with Crippen LogP contribution in [0.2, 0.25) is 0 Å². The Hall–Kier alpha value is -1.90. The number of sulfonamides is 1. The molecule has 6 nitrogen and oxygen atoms in total. The Labute approximate surface area is 176 Å². The molecule has 2 fully saturated rings. The van der Waals surface area contributed by atoms with Crippen LogP contribution in [0.5, 0.6) is 0 Å². The van der Waals surface area contributed by atoms with Crippen molar-refractivity contribution in [3.8, 4) is 0 Å². The van der Waals surface area contributed by atoms with Crippen LogP contribution in [0.15, 0.2) is 40.6 Å². The van der Waals surface area contributed by atoms with Crippen LogP contribution in [0.3, 0.4) is 0 Å². The summed E-state index contributed by atoms with van der Waals surface area (Å²) >= 11 is 1.20. The Kier molecular flexibility index (Phi) is 6.22. The predicted molar refractivity (Wildman–Crippen MR) is 117 cm³/mol. The molecule has 2 aromatic rings. The van der Waals surface area contributed by atoms with Crippen LogP contribution in [0.25, 0.3) is 0 Å². The second-order valence-corrected chi connectivity index (χ2v) is 11.0. The standard InChI is InChI=1S/C21H27N3O3S2/c25-20(22-18-8-2-3-9-19(18)23-12-4-1-5-13-23)16-17-10-11-21(28-17)29(26,27)24-14-6-7-15-24/h2-3,8-11H,1,4-7,12-16H2,(H,22,25). The third-order valence-corrected chi connectivity index (χ3v) is 8.96. The number of hydrogen-bond donors (Lipinski definition) is 1. The van der Waals surface area contributed by atoms with Gasteiger partial charge in [0.2, 0.25) is 5.91 Å². The van der Waals surface area contributed by atoms with E-state index in [9.17, 15) is 13.2 Å². The van der Waals surface area contributed by atoms with Gasteiger partial charge >= 0.3 is 0 Å². The van der Waals surface area contributed by atoms with Gasteiger partial charge in [-0.2, -0.15) is 4.31 Å². The summed E-state index contributed by atoms with van der Waals surface area (Å²) in [6.07, 6.45) is 5.60. The van der Waals surface area contributed by atoms with Crippen molar-refractivity contribution in [2.75, 3.05) is 36.4 Å². The summed E-state index contributed by atoms with van der Waals surface area (Å²) < 4.78 is 27.2. The third kappa shape index (κ3) is 4.65. The highest BCUT2D eigenvalue weighted by Gasteiger charge is 2.28. The first kappa shape index (κ1) is 20.4. The number of amides is 1. The van der Waals surface area contributed by atoms with Crippen LogP contribution >= 0.6 is 11.3 Å². The second-order valence-electron chi connectivity index (χ2n) is 7.62. The Balaban J connectivity index is 1.43. The van der Waals surface area contributed by atoms with Gasteiger partial charge in [0.05, 0.1) is 17.8 Å². The average Bonchev–Trinajstić information content (AvgIpc) is 3.42. The molecule has 8 heteroatoms. The van der Waals surface area contributed by atoms with Crippen LogP contribution in [-0.2, 0) is 21.2 Å². The zero-order valence-electron chi connectivity index (χ0n) is 16.5. The number of carbonyl (C=O) groups excluding carboxylic acids is 1. The number of thiophene rings is 1.